The molecule has 2 aliphatic carbocycles. The third-order valence-corrected chi connectivity index (χ3v) is 10.9. The molecule has 0 bridgehead atoms. The number of benzene rings is 6. The molecule has 0 radical (unpaired) electrons. The van der Waals surface area contributed by atoms with E-state index in [1.165, 1.54) is 77.8 Å². The number of fused-ring (bicyclic) bond motifs is 9. The van der Waals surface area contributed by atoms with Crippen molar-refractivity contribution in [3.63, 3.8) is 0 Å². The summed E-state index contributed by atoms with van der Waals surface area (Å²) >= 11 is 0. The lowest BCUT2D eigenvalue weighted by atomic mass is 9.77. The average molecular weight is 603 g/mol. The second-order valence-corrected chi connectivity index (χ2v) is 13.7. The SMILES string of the molecule is CC1(C)C2=CC3C(C=C2c2ccccc21)c1cc(-c2ccc4c(c2)c2ccccc2n4-c2ccccc2)ccc1N3c1ccccc1. The summed E-state index contributed by atoms with van der Waals surface area (Å²) in [6.45, 7) is 4.77. The molecule has 47 heavy (non-hydrogen) atoms. The molecule has 2 nitrogen and oxygen atoms in total. The first-order valence-corrected chi connectivity index (χ1v) is 16.7. The molecule has 0 saturated heterocycles. The normalized spacial score (nSPS) is 18.8. The molecule has 3 aliphatic rings. The number of aromatic nitrogens is 1. The van der Waals surface area contributed by atoms with Crippen molar-refractivity contribution in [2.75, 3.05) is 4.90 Å². The average Bonchev–Trinajstić information content (AvgIpc) is 3.71. The van der Waals surface area contributed by atoms with Crippen LogP contribution in [0.5, 0.6) is 0 Å². The van der Waals surface area contributed by atoms with Crippen molar-refractivity contribution in [2.45, 2.75) is 31.2 Å². The van der Waals surface area contributed by atoms with Gasteiger partial charge in [-0.1, -0.05) is 117 Å². The predicted molar refractivity (Wildman–Crippen MR) is 197 cm³/mol. The minimum absolute atomic E-state index is 0.0238. The highest BCUT2D eigenvalue weighted by molar-refractivity contribution is 6.10. The van der Waals surface area contributed by atoms with Gasteiger partial charge in [0.25, 0.3) is 0 Å². The van der Waals surface area contributed by atoms with Gasteiger partial charge in [-0.25, -0.2) is 0 Å². The molecule has 2 heterocycles. The summed E-state index contributed by atoms with van der Waals surface area (Å²) in [4.78, 5) is 2.57. The lowest BCUT2D eigenvalue weighted by Gasteiger charge is -2.33. The molecule has 0 spiro atoms. The molecule has 224 valence electrons. The van der Waals surface area contributed by atoms with Crippen molar-refractivity contribution < 1.29 is 0 Å². The van der Waals surface area contributed by atoms with Gasteiger partial charge in [-0.2, -0.15) is 0 Å². The monoisotopic (exact) mass is 602 g/mol. The summed E-state index contributed by atoms with van der Waals surface area (Å²) in [5, 5.41) is 2.56. The fourth-order valence-electron chi connectivity index (χ4n) is 8.72. The van der Waals surface area contributed by atoms with E-state index >= 15 is 0 Å². The Kier molecular flexibility index (Phi) is 5.49. The van der Waals surface area contributed by atoms with Gasteiger partial charge in [0.15, 0.2) is 0 Å². The Morgan fingerprint density at radius 2 is 1.21 bits per heavy atom. The molecule has 1 aromatic heterocycles. The summed E-state index contributed by atoms with van der Waals surface area (Å²) in [6, 6.07) is 53.8. The van der Waals surface area contributed by atoms with Crippen LogP contribution in [0, 0.1) is 0 Å². The Morgan fingerprint density at radius 1 is 0.553 bits per heavy atom. The molecule has 0 fully saturated rings. The van der Waals surface area contributed by atoms with Crippen LogP contribution in [0.3, 0.4) is 0 Å². The largest absolute Gasteiger partial charge is 0.333 e. The van der Waals surface area contributed by atoms with E-state index in [4.69, 9.17) is 0 Å². The highest BCUT2D eigenvalue weighted by atomic mass is 15.2. The van der Waals surface area contributed by atoms with Crippen LogP contribution in [0.25, 0.3) is 44.2 Å². The highest BCUT2D eigenvalue weighted by Gasteiger charge is 2.46. The summed E-state index contributed by atoms with van der Waals surface area (Å²) in [7, 11) is 0. The van der Waals surface area contributed by atoms with E-state index in [2.05, 4.69) is 181 Å². The molecule has 0 amide bonds. The van der Waals surface area contributed by atoms with Crippen molar-refractivity contribution in [3.05, 3.63) is 180 Å². The molecule has 0 saturated carbocycles. The number of rotatable bonds is 3. The molecular weight excluding hydrogens is 569 g/mol. The van der Waals surface area contributed by atoms with Crippen molar-refractivity contribution in [2.24, 2.45) is 0 Å². The van der Waals surface area contributed by atoms with Crippen molar-refractivity contribution >= 4 is 38.8 Å². The van der Waals surface area contributed by atoms with E-state index in [1.807, 2.05) is 0 Å². The van der Waals surface area contributed by atoms with Gasteiger partial charge in [-0.15, -0.1) is 0 Å². The lowest BCUT2D eigenvalue weighted by Crippen LogP contribution is -2.31. The first-order valence-electron chi connectivity index (χ1n) is 16.7. The van der Waals surface area contributed by atoms with E-state index in [1.54, 1.807) is 0 Å². The van der Waals surface area contributed by atoms with Gasteiger partial charge >= 0.3 is 0 Å². The molecule has 10 rings (SSSR count). The zero-order chi connectivity index (χ0) is 31.3. The van der Waals surface area contributed by atoms with Crippen molar-refractivity contribution in [3.8, 4) is 16.8 Å². The van der Waals surface area contributed by atoms with Crippen LogP contribution in [0.15, 0.2) is 163 Å². The topological polar surface area (TPSA) is 8.17 Å². The van der Waals surface area contributed by atoms with E-state index in [0.29, 0.717) is 0 Å². The maximum absolute atomic E-state index is 2.58. The van der Waals surface area contributed by atoms with E-state index < -0.39 is 0 Å². The first-order chi connectivity index (χ1) is 23.1. The molecule has 7 aromatic rings. The van der Waals surface area contributed by atoms with Crippen LogP contribution in [0.1, 0.15) is 36.5 Å². The first kappa shape index (κ1) is 26.6. The second kappa shape index (κ2) is 9.70. The molecule has 6 aromatic carbocycles. The van der Waals surface area contributed by atoms with E-state index in [-0.39, 0.29) is 17.4 Å². The van der Waals surface area contributed by atoms with Crippen LogP contribution in [-0.4, -0.2) is 10.6 Å². The van der Waals surface area contributed by atoms with Gasteiger partial charge in [0.05, 0.1) is 17.1 Å². The smallest absolute Gasteiger partial charge is 0.0632 e. The van der Waals surface area contributed by atoms with Crippen LogP contribution in [-0.2, 0) is 5.41 Å². The Balaban J connectivity index is 1.15. The molecule has 1 aliphatic heterocycles. The molecule has 0 N–H and O–H groups in total. The fourth-order valence-corrected chi connectivity index (χ4v) is 8.72. The van der Waals surface area contributed by atoms with Crippen LogP contribution in [0.4, 0.5) is 11.4 Å². The van der Waals surface area contributed by atoms with Crippen LogP contribution in [0.2, 0.25) is 0 Å². The standard InChI is InChI=1S/C45H34N2/c1-45(2)39-19-11-9-17-33(39)35-27-38-37-26-30(22-24-43(37)47(44(38)28-40(35)45)32-15-7-4-8-16-32)29-21-23-42-36(25-29)34-18-10-12-20-41(34)46(42)31-13-5-3-6-14-31/h3-28,38,44H,1-2H3. The fraction of sp³-hybridized carbons (Fsp3) is 0.111. The molecular formula is C45H34N2. The Morgan fingerprint density at radius 3 is 2.04 bits per heavy atom. The maximum Gasteiger partial charge on any atom is 0.0632 e. The predicted octanol–water partition coefficient (Wildman–Crippen LogP) is 11.4. The zero-order valence-electron chi connectivity index (χ0n) is 26.6. The number of anilines is 2. The third-order valence-electron chi connectivity index (χ3n) is 10.9. The summed E-state index contributed by atoms with van der Waals surface area (Å²) in [6.07, 6.45) is 5.16. The van der Waals surface area contributed by atoms with E-state index in [0.717, 1.165) is 0 Å². The third kappa shape index (κ3) is 3.73. The van der Waals surface area contributed by atoms with Gasteiger partial charge in [-0.3, -0.25) is 0 Å². The van der Waals surface area contributed by atoms with Gasteiger partial charge in [0.2, 0.25) is 0 Å². The summed E-state index contributed by atoms with van der Waals surface area (Å²) in [5.41, 5.74) is 15.8. The van der Waals surface area contributed by atoms with Gasteiger partial charge < -0.3 is 9.47 Å². The number of allylic oxidation sites excluding steroid dienone is 2. The summed E-state index contributed by atoms with van der Waals surface area (Å²) < 4.78 is 2.39. The zero-order valence-corrected chi connectivity index (χ0v) is 26.6. The van der Waals surface area contributed by atoms with Gasteiger partial charge in [0.1, 0.15) is 0 Å². The summed E-state index contributed by atoms with van der Waals surface area (Å²) in [5.74, 6) is 0.259. The van der Waals surface area contributed by atoms with Gasteiger partial charge in [-0.05, 0) is 93.6 Å². The Labute approximate surface area is 275 Å². The van der Waals surface area contributed by atoms with Crippen molar-refractivity contribution in [1.82, 2.24) is 4.57 Å². The number of hydrogen-bond acceptors (Lipinski definition) is 1. The van der Waals surface area contributed by atoms with Crippen molar-refractivity contribution in [1.29, 1.82) is 0 Å². The lowest BCUT2D eigenvalue weighted by molar-refractivity contribution is 0.639. The quantitative estimate of drug-likeness (QED) is 0.195. The van der Waals surface area contributed by atoms with E-state index in [9.17, 15) is 0 Å². The Bertz CT molecular complexity index is 2440. The minimum Gasteiger partial charge on any atom is -0.333 e. The molecule has 2 heteroatoms. The molecule has 2 atom stereocenters. The highest BCUT2D eigenvalue weighted by Crippen LogP contribution is 2.57. The van der Waals surface area contributed by atoms with Gasteiger partial charge in [0, 0.05) is 39.2 Å². The second-order valence-electron chi connectivity index (χ2n) is 13.7. The van der Waals surface area contributed by atoms with Crippen LogP contribution < -0.4 is 4.90 Å². The molecule has 2 unspecified atom stereocenters. The number of hydrogen-bond donors (Lipinski definition) is 0. The Hall–Kier alpha value is -5.60. The minimum atomic E-state index is -0.0238. The van der Waals surface area contributed by atoms with Crippen LogP contribution >= 0.6 is 0 Å². The maximum atomic E-state index is 2.58. The number of nitrogens with zero attached hydrogens (tertiary/aromatic N) is 2. The number of para-hydroxylation sites is 3.